The number of carbonyl (C=O) groups excluding carboxylic acids is 1. The lowest BCUT2D eigenvalue weighted by molar-refractivity contribution is 0.103. The highest BCUT2D eigenvalue weighted by Crippen LogP contribution is 2.31. The minimum atomic E-state index is -0.226. The maximum absolute atomic E-state index is 12.3. The Hall–Kier alpha value is -1.60. The number of nitrogens with two attached hydrogens (primary N) is 1. The number of nitrogen functional groups attached to an aromatic ring is 1. The van der Waals surface area contributed by atoms with E-state index >= 15 is 0 Å². The predicted molar refractivity (Wildman–Crippen MR) is 90.0 cm³/mol. The molecule has 0 radical (unpaired) electrons. The lowest BCUT2D eigenvalue weighted by Gasteiger charge is -2.06. The largest absolute Gasteiger partial charge is 0.382 e. The van der Waals surface area contributed by atoms with Gasteiger partial charge in [-0.1, -0.05) is 27.3 Å². The first kappa shape index (κ1) is 14.3. The summed E-state index contributed by atoms with van der Waals surface area (Å²) in [5.41, 5.74) is 7.63. The number of amides is 1. The number of hydrogen-bond donors (Lipinski definition) is 3. The summed E-state index contributed by atoms with van der Waals surface area (Å²) in [6.45, 7) is 1.97. The molecule has 0 aliphatic heterocycles. The number of thiazole rings is 1. The van der Waals surface area contributed by atoms with Gasteiger partial charge in [0.2, 0.25) is 0 Å². The third kappa shape index (κ3) is 3.36. The van der Waals surface area contributed by atoms with Gasteiger partial charge in [0.05, 0.1) is 0 Å². The number of nitrogens with one attached hydrogen (secondary N) is 2. The van der Waals surface area contributed by atoms with Gasteiger partial charge in [-0.3, -0.25) is 4.79 Å². The van der Waals surface area contributed by atoms with Crippen LogP contribution in [0.4, 0.5) is 16.6 Å². The fourth-order valence-electron chi connectivity index (χ4n) is 1.87. The normalized spacial score (nSPS) is 14.0. The molecule has 3 rings (SSSR count). The highest BCUT2D eigenvalue weighted by molar-refractivity contribution is 9.10. The van der Waals surface area contributed by atoms with E-state index in [1.807, 2.05) is 25.1 Å². The maximum atomic E-state index is 12.3. The number of aromatic nitrogens is 1. The second-order valence-corrected chi connectivity index (χ2v) is 6.92. The lowest BCUT2D eigenvalue weighted by atomic mass is 10.2. The van der Waals surface area contributed by atoms with Crippen LogP contribution in [0.5, 0.6) is 0 Å². The van der Waals surface area contributed by atoms with Gasteiger partial charge < -0.3 is 16.4 Å². The molecule has 0 saturated heterocycles. The van der Waals surface area contributed by atoms with Crippen LogP contribution in [0.15, 0.2) is 22.7 Å². The van der Waals surface area contributed by atoms with Gasteiger partial charge in [-0.2, -0.15) is 0 Å². The molecular weight excluding hydrogens is 352 g/mol. The second-order valence-electron chi connectivity index (χ2n) is 5.07. The van der Waals surface area contributed by atoms with Crippen molar-refractivity contribution >= 4 is 49.8 Å². The molecule has 21 heavy (non-hydrogen) atoms. The fraction of sp³-hybridized carbons (Fsp3) is 0.286. The van der Waals surface area contributed by atoms with E-state index in [2.05, 4.69) is 31.5 Å². The van der Waals surface area contributed by atoms with Crippen molar-refractivity contribution in [3.05, 3.63) is 33.1 Å². The van der Waals surface area contributed by atoms with Crippen LogP contribution in [0.25, 0.3) is 0 Å². The van der Waals surface area contributed by atoms with E-state index in [1.165, 1.54) is 11.3 Å². The first-order valence-electron chi connectivity index (χ1n) is 6.63. The zero-order valence-corrected chi connectivity index (χ0v) is 13.8. The van der Waals surface area contributed by atoms with Gasteiger partial charge in [-0.25, -0.2) is 4.98 Å². The summed E-state index contributed by atoms with van der Waals surface area (Å²) < 4.78 is 1.01. The fourth-order valence-corrected chi connectivity index (χ4v) is 2.97. The Morgan fingerprint density at radius 3 is 2.90 bits per heavy atom. The van der Waals surface area contributed by atoms with Crippen LogP contribution in [0.1, 0.15) is 28.1 Å². The predicted octanol–water partition coefficient (Wildman–Crippen LogP) is 3.62. The average molecular weight is 367 g/mol. The van der Waals surface area contributed by atoms with Crippen molar-refractivity contribution in [2.75, 3.05) is 16.4 Å². The van der Waals surface area contributed by atoms with Crippen molar-refractivity contribution in [3.8, 4) is 0 Å². The molecule has 0 spiro atoms. The molecule has 1 heterocycles. The van der Waals surface area contributed by atoms with E-state index in [9.17, 15) is 4.79 Å². The van der Waals surface area contributed by atoms with E-state index in [0.29, 0.717) is 16.1 Å². The molecule has 0 atom stereocenters. The number of rotatable bonds is 4. The van der Waals surface area contributed by atoms with Gasteiger partial charge in [-0.15, -0.1) is 0 Å². The molecule has 7 heteroatoms. The first-order chi connectivity index (χ1) is 10.0. The van der Waals surface area contributed by atoms with E-state index in [0.717, 1.165) is 28.6 Å². The number of nitrogens with zero attached hydrogens (tertiary/aromatic N) is 1. The monoisotopic (exact) mass is 366 g/mol. The summed E-state index contributed by atoms with van der Waals surface area (Å²) >= 11 is 4.73. The van der Waals surface area contributed by atoms with Crippen molar-refractivity contribution in [3.63, 3.8) is 0 Å². The molecule has 0 bridgehead atoms. The molecule has 1 aliphatic rings. The van der Waals surface area contributed by atoms with Crippen LogP contribution in [0.2, 0.25) is 0 Å². The molecule has 5 nitrogen and oxygen atoms in total. The minimum Gasteiger partial charge on any atom is -0.382 e. The Morgan fingerprint density at radius 2 is 2.24 bits per heavy atom. The number of anilines is 3. The Morgan fingerprint density at radius 1 is 1.48 bits per heavy atom. The van der Waals surface area contributed by atoms with Crippen molar-refractivity contribution in [1.29, 1.82) is 0 Å². The molecule has 1 amide bonds. The average Bonchev–Trinajstić information content (AvgIpc) is 3.16. The zero-order valence-electron chi connectivity index (χ0n) is 11.4. The van der Waals surface area contributed by atoms with Crippen LogP contribution in [0, 0.1) is 6.92 Å². The summed E-state index contributed by atoms with van der Waals surface area (Å²) in [4.78, 5) is 16.9. The van der Waals surface area contributed by atoms with Gasteiger partial charge in [-0.05, 0) is 43.5 Å². The standard InChI is InChI=1S/C14H15BrN4OS/c1-7-6-9(4-5-10(7)15)17-13(20)11-12(16)19-14(21-11)18-8-2-3-8/h4-6,8H,2-3,16H2,1H3,(H,17,20)(H,18,19). The van der Waals surface area contributed by atoms with Crippen LogP contribution in [-0.4, -0.2) is 16.9 Å². The van der Waals surface area contributed by atoms with Crippen molar-refractivity contribution < 1.29 is 4.79 Å². The smallest absolute Gasteiger partial charge is 0.269 e. The number of aryl methyl sites for hydroxylation is 1. The van der Waals surface area contributed by atoms with Crippen LogP contribution >= 0.6 is 27.3 Å². The van der Waals surface area contributed by atoms with E-state index < -0.39 is 0 Å². The SMILES string of the molecule is Cc1cc(NC(=O)c2sc(NC3CC3)nc2N)ccc1Br. The third-order valence-electron chi connectivity index (χ3n) is 3.18. The highest BCUT2D eigenvalue weighted by Gasteiger charge is 2.24. The number of hydrogen-bond acceptors (Lipinski definition) is 5. The number of benzene rings is 1. The summed E-state index contributed by atoms with van der Waals surface area (Å²) in [5.74, 6) is 0.0463. The Bertz CT molecular complexity index is 696. The first-order valence-corrected chi connectivity index (χ1v) is 8.24. The zero-order chi connectivity index (χ0) is 15.0. The van der Waals surface area contributed by atoms with Gasteiger partial charge in [0.25, 0.3) is 5.91 Å². The van der Waals surface area contributed by atoms with Gasteiger partial charge in [0.15, 0.2) is 5.13 Å². The summed E-state index contributed by atoms with van der Waals surface area (Å²) in [5, 5.41) is 6.82. The molecule has 1 saturated carbocycles. The molecule has 2 aromatic rings. The van der Waals surface area contributed by atoms with E-state index in [-0.39, 0.29) is 11.7 Å². The van der Waals surface area contributed by atoms with Gasteiger partial charge in [0.1, 0.15) is 10.7 Å². The maximum Gasteiger partial charge on any atom is 0.269 e. The number of carbonyl (C=O) groups is 1. The lowest BCUT2D eigenvalue weighted by Crippen LogP contribution is -2.12. The van der Waals surface area contributed by atoms with Crippen molar-refractivity contribution in [2.24, 2.45) is 0 Å². The van der Waals surface area contributed by atoms with Gasteiger partial charge in [0, 0.05) is 16.2 Å². The molecular formula is C14H15BrN4OS. The summed E-state index contributed by atoms with van der Waals surface area (Å²) in [6, 6.07) is 6.14. The molecule has 110 valence electrons. The topological polar surface area (TPSA) is 80.0 Å². The van der Waals surface area contributed by atoms with Crippen LogP contribution in [0.3, 0.4) is 0 Å². The van der Waals surface area contributed by atoms with E-state index in [4.69, 9.17) is 5.73 Å². The van der Waals surface area contributed by atoms with Gasteiger partial charge >= 0.3 is 0 Å². The molecule has 1 aromatic carbocycles. The summed E-state index contributed by atoms with van der Waals surface area (Å²) in [7, 11) is 0. The molecule has 1 aliphatic carbocycles. The molecule has 1 aromatic heterocycles. The third-order valence-corrected chi connectivity index (χ3v) is 5.07. The molecule has 1 fully saturated rings. The highest BCUT2D eigenvalue weighted by atomic mass is 79.9. The van der Waals surface area contributed by atoms with Crippen molar-refractivity contribution in [1.82, 2.24) is 4.98 Å². The minimum absolute atomic E-state index is 0.226. The quantitative estimate of drug-likeness (QED) is 0.771. The Kier molecular flexibility index (Phi) is 3.86. The summed E-state index contributed by atoms with van der Waals surface area (Å²) in [6.07, 6.45) is 2.30. The van der Waals surface area contributed by atoms with Crippen LogP contribution < -0.4 is 16.4 Å². The molecule has 4 N–H and O–H groups in total. The second kappa shape index (κ2) is 5.65. The number of halogens is 1. The van der Waals surface area contributed by atoms with Crippen LogP contribution in [-0.2, 0) is 0 Å². The Labute approximate surface area is 135 Å². The molecule has 0 unspecified atom stereocenters. The van der Waals surface area contributed by atoms with E-state index in [1.54, 1.807) is 0 Å². The van der Waals surface area contributed by atoms with Crippen molar-refractivity contribution in [2.45, 2.75) is 25.8 Å². The Balaban J connectivity index is 1.74.